The number of para-hydroxylation sites is 1. The highest BCUT2D eigenvalue weighted by atomic mass is 32.2. The van der Waals surface area contributed by atoms with Gasteiger partial charge in [0, 0.05) is 10.7 Å². The minimum absolute atomic E-state index is 0.141. The Balaban J connectivity index is 1.99. The van der Waals surface area contributed by atoms with E-state index >= 15 is 0 Å². The maximum atomic E-state index is 10.8. The van der Waals surface area contributed by atoms with Gasteiger partial charge in [0.05, 0.1) is 27.8 Å². The molecular formula is C18H11N2O2S2-. The summed E-state index contributed by atoms with van der Waals surface area (Å²) in [4.78, 5) is 16.2. The Bertz CT molecular complexity index is 920. The normalized spacial score (nSPS) is 11.4. The molecule has 0 amide bonds. The standard InChI is InChI=1S/C18H12N2O2S2/c19-10-13-7-5-12(6-8-13)9-16(23-11-17(21)22)18-20-14-3-1-2-4-15(14)24-18/h1-9H,11H2,(H,21,22)/p-1/b16-9-. The van der Waals surface area contributed by atoms with Gasteiger partial charge in [-0.3, -0.25) is 0 Å². The van der Waals surface area contributed by atoms with Crippen LogP contribution in [-0.4, -0.2) is 16.7 Å². The molecule has 0 fully saturated rings. The maximum Gasteiger partial charge on any atom is 0.131 e. The van der Waals surface area contributed by atoms with Crippen LogP contribution in [0.3, 0.4) is 0 Å². The first-order chi connectivity index (χ1) is 11.7. The average molecular weight is 351 g/mol. The minimum atomic E-state index is -1.12. The van der Waals surface area contributed by atoms with E-state index in [1.807, 2.05) is 42.5 Å². The molecule has 0 saturated heterocycles. The number of nitrogens with zero attached hydrogens (tertiary/aromatic N) is 2. The van der Waals surface area contributed by atoms with E-state index in [4.69, 9.17) is 5.26 Å². The average Bonchev–Trinajstić information content (AvgIpc) is 3.03. The zero-order valence-corrected chi connectivity index (χ0v) is 14.1. The van der Waals surface area contributed by atoms with Crippen molar-refractivity contribution < 1.29 is 9.90 Å². The van der Waals surface area contributed by atoms with Gasteiger partial charge in [0.25, 0.3) is 0 Å². The van der Waals surface area contributed by atoms with Crippen molar-refractivity contribution in [2.45, 2.75) is 0 Å². The molecular weight excluding hydrogens is 340 g/mol. The number of hydrogen-bond acceptors (Lipinski definition) is 6. The maximum absolute atomic E-state index is 10.8. The van der Waals surface area contributed by atoms with Gasteiger partial charge < -0.3 is 9.90 Å². The molecule has 0 unspecified atom stereocenters. The summed E-state index contributed by atoms with van der Waals surface area (Å²) in [7, 11) is 0. The highest BCUT2D eigenvalue weighted by Gasteiger charge is 2.10. The number of aliphatic carboxylic acids is 1. The third kappa shape index (κ3) is 3.82. The van der Waals surface area contributed by atoms with Crippen molar-refractivity contribution in [3.63, 3.8) is 0 Å². The lowest BCUT2D eigenvalue weighted by atomic mass is 10.1. The molecule has 118 valence electrons. The topological polar surface area (TPSA) is 76.8 Å². The molecule has 4 nitrogen and oxygen atoms in total. The Morgan fingerprint density at radius 3 is 2.67 bits per heavy atom. The van der Waals surface area contributed by atoms with Gasteiger partial charge in [-0.25, -0.2) is 4.98 Å². The fourth-order valence-corrected chi connectivity index (χ4v) is 3.93. The molecule has 3 aromatic rings. The van der Waals surface area contributed by atoms with E-state index in [-0.39, 0.29) is 5.75 Å². The number of carboxylic acid groups (broad SMARTS) is 1. The minimum Gasteiger partial charge on any atom is -0.549 e. The van der Waals surface area contributed by atoms with Crippen LogP contribution >= 0.6 is 23.1 Å². The van der Waals surface area contributed by atoms with Gasteiger partial charge in [-0.15, -0.1) is 23.1 Å². The fourth-order valence-electron chi connectivity index (χ4n) is 2.08. The number of thioether (sulfide) groups is 1. The summed E-state index contributed by atoms with van der Waals surface area (Å²) in [5.41, 5.74) is 2.35. The number of nitriles is 1. The smallest absolute Gasteiger partial charge is 0.131 e. The van der Waals surface area contributed by atoms with Crippen LogP contribution < -0.4 is 5.11 Å². The number of carbonyl (C=O) groups is 1. The second-order valence-corrected chi connectivity index (χ2v) is 6.94. The third-order valence-electron chi connectivity index (χ3n) is 3.19. The zero-order valence-electron chi connectivity index (χ0n) is 12.4. The first kappa shape index (κ1) is 16.2. The summed E-state index contributed by atoms with van der Waals surface area (Å²) in [5.74, 6) is -1.26. The quantitative estimate of drug-likeness (QED) is 0.706. The summed E-state index contributed by atoms with van der Waals surface area (Å²) < 4.78 is 1.05. The number of hydrogen-bond donors (Lipinski definition) is 0. The molecule has 0 aliphatic carbocycles. The van der Waals surface area contributed by atoms with Gasteiger partial charge in [-0.05, 0) is 35.9 Å². The van der Waals surface area contributed by atoms with Crippen LogP contribution in [0.2, 0.25) is 0 Å². The molecule has 0 bridgehead atoms. The predicted octanol–water partition coefficient (Wildman–Crippen LogP) is 3.15. The summed E-state index contributed by atoms with van der Waals surface area (Å²) in [6, 6.07) is 17.0. The molecule has 0 radical (unpaired) electrons. The van der Waals surface area contributed by atoms with Gasteiger partial charge in [-0.2, -0.15) is 5.26 Å². The van der Waals surface area contributed by atoms with Gasteiger partial charge in [0.15, 0.2) is 0 Å². The van der Waals surface area contributed by atoms with E-state index in [0.717, 1.165) is 25.7 Å². The van der Waals surface area contributed by atoms with Gasteiger partial charge >= 0.3 is 0 Å². The van der Waals surface area contributed by atoms with E-state index in [1.165, 1.54) is 23.1 Å². The largest absolute Gasteiger partial charge is 0.549 e. The predicted molar refractivity (Wildman–Crippen MR) is 96.1 cm³/mol. The number of aromatic nitrogens is 1. The summed E-state index contributed by atoms with van der Waals surface area (Å²) in [5, 5.41) is 20.5. The summed E-state index contributed by atoms with van der Waals surface area (Å²) in [6.45, 7) is 0. The molecule has 0 N–H and O–H groups in total. The first-order valence-electron chi connectivity index (χ1n) is 7.06. The molecule has 0 aliphatic rings. The van der Waals surface area contributed by atoms with E-state index in [1.54, 1.807) is 12.1 Å². The van der Waals surface area contributed by atoms with Gasteiger partial charge in [0.1, 0.15) is 5.01 Å². The van der Waals surface area contributed by atoms with Crippen molar-refractivity contribution >= 4 is 50.3 Å². The molecule has 0 aliphatic heterocycles. The molecule has 3 rings (SSSR count). The molecule has 24 heavy (non-hydrogen) atoms. The second-order valence-electron chi connectivity index (χ2n) is 4.89. The molecule has 1 aromatic heterocycles. The van der Waals surface area contributed by atoms with Crippen LogP contribution in [0.25, 0.3) is 21.2 Å². The van der Waals surface area contributed by atoms with E-state index in [2.05, 4.69) is 11.1 Å². The lowest BCUT2D eigenvalue weighted by Crippen LogP contribution is -2.24. The fraction of sp³-hybridized carbons (Fsp3) is 0.0556. The molecule has 0 spiro atoms. The number of carbonyl (C=O) groups excluding carboxylic acids is 1. The Kier molecular flexibility index (Phi) is 4.94. The Morgan fingerprint density at radius 1 is 1.25 bits per heavy atom. The number of rotatable bonds is 5. The van der Waals surface area contributed by atoms with Crippen LogP contribution in [0, 0.1) is 11.3 Å². The molecule has 1 heterocycles. The van der Waals surface area contributed by atoms with Crippen molar-refractivity contribution in [3.8, 4) is 6.07 Å². The molecule has 0 saturated carbocycles. The Morgan fingerprint density at radius 2 is 2.00 bits per heavy atom. The first-order valence-corrected chi connectivity index (χ1v) is 8.86. The van der Waals surface area contributed by atoms with Crippen molar-refractivity contribution in [1.29, 1.82) is 5.26 Å². The van der Waals surface area contributed by atoms with Crippen molar-refractivity contribution in [1.82, 2.24) is 4.98 Å². The molecule has 0 atom stereocenters. The molecule has 6 heteroatoms. The molecule has 2 aromatic carbocycles. The van der Waals surface area contributed by atoms with Crippen LogP contribution in [0.5, 0.6) is 0 Å². The van der Waals surface area contributed by atoms with Crippen molar-refractivity contribution in [3.05, 3.63) is 64.7 Å². The summed E-state index contributed by atoms with van der Waals surface area (Å²) in [6.07, 6.45) is 1.88. The van der Waals surface area contributed by atoms with E-state index in [0.29, 0.717) is 5.56 Å². The Labute approximate surface area is 147 Å². The number of thiazole rings is 1. The lowest BCUT2D eigenvalue weighted by molar-refractivity contribution is -0.301. The van der Waals surface area contributed by atoms with E-state index < -0.39 is 5.97 Å². The zero-order chi connectivity index (χ0) is 16.9. The highest BCUT2D eigenvalue weighted by Crippen LogP contribution is 2.35. The van der Waals surface area contributed by atoms with Crippen molar-refractivity contribution in [2.24, 2.45) is 0 Å². The summed E-state index contributed by atoms with van der Waals surface area (Å²) >= 11 is 2.70. The van der Waals surface area contributed by atoms with Crippen LogP contribution in [-0.2, 0) is 4.79 Å². The number of benzene rings is 2. The second kappa shape index (κ2) is 7.30. The number of carboxylic acids is 1. The van der Waals surface area contributed by atoms with E-state index in [9.17, 15) is 9.90 Å². The lowest BCUT2D eigenvalue weighted by Gasteiger charge is -2.05. The van der Waals surface area contributed by atoms with Crippen LogP contribution in [0.15, 0.2) is 48.5 Å². The third-order valence-corrected chi connectivity index (χ3v) is 5.39. The van der Waals surface area contributed by atoms with Gasteiger partial charge in [-0.1, -0.05) is 24.3 Å². The number of fused-ring (bicyclic) bond motifs is 1. The van der Waals surface area contributed by atoms with Crippen LogP contribution in [0.1, 0.15) is 16.1 Å². The SMILES string of the molecule is N#Cc1ccc(/C=C(\SCC(=O)[O-])c2nc3ccccc3s2)cc1. The monoisotopic (exact) mass is 351 g/mol. The Hall–Kier alpha value is -2.62. The van der Waals surface area contributed by atoms with Crippen molar-refractivity contribution in [2.75, 3.05) is 5.75 Å². The van der Waals surface area contributed by atoms with Gasteiger partial charge in [0.2, 0.25) is 0 Å². The highest BCUT2D eigenvalue weighted by molar-refractivity contribution is 8.09. The van der Waals surface area contributed by atoms with Crippen LogP contribution in [0.4, 0.5) is 0 Å².